The Morgan fingerprint density at radius 3 is 2.59 bits per heavy atom. The number of aromatic amines is 1. The Kier molecular flexibility index (Phi) is 5.38. The molecule has 0 saturated carbocycles. The maximum absolute atomic E-state index is 12.9. The third kappa shape index (κ3) is 4.18. The lowest BCUT2D eigenvalue weighted by Crippen LogP contribution is -2.24. The van der Waals surface area contributed by atoms with Crippen molar-refractivity contribution in [1.29, 1.82) is 0 Å². The summed E-state index contributed by atoms with van der Waals surface area (Å²) in [6.07, 6.45) is 0. The largest absolute Gasteiger partial charge is 0.349 e. The second-order valence-electron chi connectivity index (χ2n) is 6.65. The number of amides is 2. The lowest BCUT2D eigenvalue weighted by atomic mass is 10.1. The summed E-state index contributed by atoms with van der Waals surface area (Å²) in [5.74, 6) is -0.588. The fourth-order valence-corrected chi connectivity index (χ4v) is 3.83. The molecule has 0 atom stereocenters. The third-order valence-corrected chi connectivity index (χ3v) is 5.66. The van der Waals surface area contributed by atoms with E-state index in [-0.39, 0.29) is 11.8 Å². The van der Waals surface area contributed by atoms with Crippen molar-refractivity contribution in [1.82, 2.24) is 10.3 Å². The van der Waals surface area contributed by atoms with E-state index in [2.05, 4.69) is 15.6 Å². The van der Waals surface area contributed by atoms with Gasteiger partial charge >= 0.3 is 0 Å². The van der Waals surface area contributed by atoms with Crippen molar-refractivity contribution >= 4 is 51.3 Å². The van der Waals surface area contributed by atoms with Crippen LogP contribution in [0.15, 0.2) is 60.0 Å². The average molecular weight is 424 g/mol. The summed E-state index contributed by atoms with van der Waals surface area (Å²) < 4.78 is 0. The first kappa shape index (κ1) is 19.2. The van der Waals surface area contributed by atoms with Crippen LogP contribution in [0.4, 0.5) is 5.69 Å². The standard InChI is InChI=1S/C22H18ClN3O2S/c1-13-4-9-18-17(11-13)19(26-21(27)14-5-7-15(23)8-6-14)20(25-18)22(28)24-12-16-3-2-10-29-16/h2-11,25H,12H2,1H3,(H,24,28)(H,26,27). The molecular weight excluding hydrogens is 406 g/mol. The number of benzene rings is 2. The molecule has 2 aromatic carbocycles. The van der Waals surface area contributed by atoms with Crippen molar-refractivity contribution in [2.24, 2.45) is 0 Å². The van der Waals surface area contributed by atoms with E-state index in [4.69, 9.17) is 11.6 Å². The number of carbonyl (C=O) groups is 2. The summed E-state index contributed by atoms with van der Waals surface area (Å²) in [6, 6.07) is 16.3. The Morgan fingerprint density at radius 1 is 1.07 bits per heavy atom. The number of fused-ring (bicyclic) bond motifs is 1. The Labute approximate surface area is 176 Å². The predicted octanol–water partition coefficient (Wildman–Crippen LogP) is 5.37. The predicted molar refractivity (Wildman–Crippen MR) is 118 cm³/mol. The zero-order chi connectivity index (χ0) is 20.4. The Bertz CT molecular complexity index is 1180. The number of aromatic nitrogens is 1. The number of H-pyrrole nitrogens is 1. The zero-order valence-electron chi connectivity index (χ0n) is 15.6. The van der Waals surface area contributed by atoms with Crippen LogP contribution in [-0.4, -0.2) is 16.8 Å². The van der Waals surface area contributed by atoms with Crippen molar-refractivity contribution in [3.05, 3.63) is 86.7 Å². The van der Waals surface area contributed by atoms with E-state index in [1.807, 2.05) is 42.6 Å². The van der Waals surface area contributed by atoms with Crippen LogP contribution in [0, 0.1) is 6.92 Å². The van der Waals surface area contributed by atoms with Crippen molar-refractivity contribution < 1.29 is 9.59 Å². The SMILES string of the molecule is Cc1ccc2[nH]c(C(=O)NCc3cccs3)c(NC(=O)c3ccc(Cl)cc3)c2c1. The minimum absolute atomic E-state index is 0.279. The Morgan fingerprint density at radius 2 is 1.86 bits per heavy atom. The van der Waals surface area contributed by atoms with E-state index >= 15 is 0 Å². The monoisotopic (exact) mass is 423 g/mol. The maximum Gasteiger partial charge on any atom is 0.270 e. The molecule has 0 bridgehead atoms. The van der Waals surface area contributed by atoms with Crippen LogP contribution in [0.3, 0.4) is 0 Å². The number of anilines is 1. The number of thiophene rings is 1. The van der Waals surface area contributed by atoms with Gasteiger partial charge in [-0.3, -0.25) is 9.59 Å². The van der Waals surface area contributed by atoms with E-state index in [1.54, 1.807) is 35.6 Å². The molecule has 2 heterocycles. The van der Waals surface area contributed by atoms with Gasteiger partial charge in [0.2, 0.25) is 0 Å². The molecule has 0 aliphatic rings. The molecule has 0 unspecified atom stereocenters. The van der Waals surface area contributed by atoms with Crippen molar-refractivity contribution in [3.63, 3.8) is 0 Å². The summed E-state index contributed by atoms with van der Waals surface area (Å²) in [7, 11) is 0. The highest BCUT2D eigenvalue weighted by Crippen LogP contribution is 2.29. The number of nitrogens with one attached hydrogen (secondary N) is 3. The van der Waals surface area contributed by atoms with E-state index in [1.165, 1.54) is 0 Å². The number of halogens is 1. The molecule has 146 valence electrons. The van der Waals surface area contributed by atoms with Crippen LogP contribution < -0.4 is 10.6 Å². The quantitative estimate of drug-likeness (QED) is 0.403. The Hall–Kier alpha value is -3.09. The van der Waals surface area contributed by atoms with E-state index in [0.717, 1.165) is 21.3 Å². The average Bonchev–Trinajstić information content (AvgIpc) is 3.35. The molecule has 2 amide bonds. The number of hydrogen-bond donors (Lipinski definition) is 3. The molecule has 7 heteroatoms. The van der Waals surface area contributed by atoms with Gasteiger partial charge in [-0.25, -0.2) is 0 Å². The van der Waals surface area contributed by atoms with Gasteiger partial charge in [-0.05, 0) is 54.8 Å². The van der Waals surface area contributed by atoms with Gasteiger partial charge in [-0.15, -0.1) is 11.3 Å². The molecule has 0 aliphatic carbocycles. The molecule has 0 aliphatic heterocycles. The topological polar surface area (TPSA) is 74.0 Å². The fraction of sp³-hybridized carbons (Fsp3) is 0.0909. The highest BCUT2D eigenvalue weighted by Gasteiger charge is 2.20. The fourth-order valence-electron chi connectivity index (χ4n) is 3.06. The second kappa shape index (κ2) is 8.11. The lowest BCUT2D eigenvalue weighted by molar-refractivity contribution is 0.0948. The number of aryl methyl sites for hydroxylation is 1. The summed E-state index contributed by atoms with van der Waals surface area (Å²) in [5.41, 5.74) is 3.06. The molecule has 29 heavy (non-hydrogen) atoms. The van der Waals surface area contributed by atoms with Gasteiger partial charge in [0.25, 0.3) is 11.8 Å². The van der Waals surface area contributed by atoms with Crippen LogP contribution >= 0.6 is 22.9 Å². The summed E-state index contributed by atoms with van der Waals surface area (Å²) >= 11 is 7.48. The molecule has 4 aromatic rings. The molecular formula is C22H18ClN3O2S. The van der Waals surface area contributed by atoms with Gasteiger partial charge in [-0.2, -0.15) is 0 Å². The van der Waals surface area contributed by atoms with Crippen LogP contribution in [-0.2, 0) is 6.54 Å². The zero-order valence-corrected chi connectivity index (χ0v) is 17.2. The molecule has 0 saturated heterocycles. The molecule has 5 nitrogen and oxygen atoms in total. The van der Waals surface area contributed by atoms with Gasteiger partial charge in [0.1, 0.15) is 5.69 Å². The van der Waals surface area contributed by atoms with Gasteiger partial charge in [0.15, 0.2) is 0 Å². The summed E-state index contributed by atoms with van der Waals surface area (Å²) in [6.45, 7) is 2.39. The molecule has 2 aromatic heterocycles. The smallest absolute Gasteiger partial charge is 0.270 e. The van der Waals surface area contributed by atoms with Crippen LogP contribution in [0.1, 0.15) is 31.3 Å². The van der Waals surface area contributed by atoms with E-state index < -0.39 is 0 Å². The number of carbonyl (C=O) groups excluding carboxylic acids is 2. The second-order valence-corrected chi connectivity index (χ2v) is 8.12. The highest BCUT2D eigenvalue weighted by atomic mass is 35.5. The normalized spacial score (nSPS) is 10.8. The minimum atomic E-state index is -0.309. The van der Waals surface area contributed by atoms with Crippen LogP contribution in [0.25, 0.3) is 10.9 Å². The highest BCUT2D eigenvalue weighted by molar-refractivity contribution is 7.09. The van der Waals surface area contributed by atoms with E-state index in [0.29, 0.717) is 28.5 Å². The van der Waals surface area contributed by atoms with Crippen molar-refractivity contribution in [3.8, 4) is 0 Å². The molecule has 0 spiro atoms. The van der Waals surface area contributed by atoms with Gasteiger partial charge in [-0.1, -0.05) is 29.3 Å². The summed E-state index contributed by atoms with van der Waals surface area (Å²) in [4.78, 5) is 29.8. The lowest BCUT2D eigenvalue weighted by Gasteiger charge is -2.08. The summed E-state index contributed by atoms with van der Waals surface area (Å²) in [5, 5.41) is 9.11. The van der Waals surface area contributed by atoms with E-state index in [9.17, 15) is 9.59 Å². The maximum atomic E-state index is 12.9. The van der Waals surface area contributed by atoms with Crippen LogP contribution in [0.2, 0.25) is 5.02 Å². The first-order valence-electron chi connectivity index (χ1n) is 9.01. The van der Waals surface area contributed by atoms with Gasteiger partial charge < -0.3 is 15.6 Å². The minimum Gasteiger partial charge on any atom is -0.349 e. The van der Waals surface area contributed by atoms with Crippen molar-refractivity contribution in [2.45, 2.75) is 13.5 Å². The molecule has 4 rings (SSSR count). The van der Waals surface area contributed by atoms with Gasteiger partial charge in [0, 0.05) is 26.4 Å². The van der Waals surface area contributed by atoms with Gasteiger partial charge in [0.05, 0.1) is 12.2 Å². The first-order chi connectivity index (χ1) is 14.0. The number of rotatable bonds is 5. The number of hydrogen-bond acceptors (Lipinski definition) is 3. The molecule has 0 radical (unpaired) electrons. The van der Waals surface area contributed by atoms with Crippen LogP contribution in [0.5, 0.6) is 0 Å². The van der Waals surface area contributed by atoms with Crippen molar-refractivity contribution in [2.75, 3.05) is 5.32 Å². The third-order valence-electron chi connectivity index (χ3n) is 4.53. The first-order valence-corrected chi connectivity index (χ1v) is 10.3. The Balaban J connectivity index is 1.67. The molecule has 3 N–H and O–H groups in total. The molecule has 0 fully saturated rings.